The summed E-state index contributed by atoms with van der Waals surface area (Å²) in [5, 5.41) is 0. The quantitative estimate of drug-likeness (QED) is 0.716. The van der Waals surface area contributed by atoms with Crippen molar-refractivity contribution in [2.45, 2.75) is 25.8 Å². The van der Waals surface area contributed by atoms with Gasteiger partial charge in [0.05, 0.1) is 6.61 Å². The first-order chi connectivity index (χ1) is 8.62. The van der Waals surface area contributed by atoms with Gasteiger partial charge in [0, 0.05) is 25.2 Å². The molecule has 0 saturated carbocycles. The van der Waals surface area contributed by atoms with Crippen molar-refractivity contribution >= 4 is 0 Å². The van der Waals surface area contributed by atoms with Crippen LogP contribution in [0.2, 0.25) is 0 Å². The van der Waals surface area contributed by atoms with Crippen LogP contribution in [0.15, 0.2) is 30.3 Å². The lowest BCUT2D eigenvalue weighted by Crippen LogP contribution is -2.52. The number of rotatable bonds is 8. The molecule has 102 valence electrons. The zero-order valence-corrected chi connectivity index (χ0v) is 11.9. The summed E-state index contributed by atoms with van der Waals surface area (Å²) in [5.41, 5.74) is 7.29. The molecule has 0 heterocycles. The molecule has 1 unspecified atom stereocenters. The maximum atomic E-state index is 5.98. The fraction of sp³-hybridized carbons (Fsp3) is 0.600. The van der Waals surface area contributed by atoms with E-state index in [0.717, 1.165) is 26.2 Å². The molecule has 3 nitrogen and oxygen atoms in total. The van der Waals surface area contributed by atoms with E-state index in [-0.39, 0.29) is 5.54 Å². The fourth-order valence-corrected chi connectivity index (χ4v) is 2.01. The van der Waals surface area contributed by atoms with E-state index in [0.29, 0.717) is 6.54 Å². The summed E-state index contributed by atoms with van der Waals surface area (Å²) in [6.07, 6.45) is 0.965. The number of benzene rings is 1. The summed E-state index contributed by atoms with van der Waals surface area (Å²) >= 11 is 0. The Bertz CT molecular complexity index is 329. The Labute approximate surface area is 111 Å². The smallest absolute Gasteiger partial charge is 0.0593 e. The number of hydrogen-bond donors (Lipinski definition) is 1. The zero-order chi connectivity index (χ0) is 13.4. The lowest BCUT2D eigenvalue weighted by atomic mass is 9.91. The van der Waals surface area contributed by atoms with E-state index in [9.17, 15) is 0 Å². The molecule has 0 spiro atoms. The highest BCUT2D eigenvalue weighted by Gasteiger charge is 2.27. The first-order valence-corrected chi connectivity index (χ1v) is 6.65. The molecule has 0 aromatic heterocycles. The molecule has 18 heavy (non-hydrogen) atoms. The molecule has 0 aliphatic heterocycles. The maximum absolute atomic E-state index is 5.98. The highest BCUT2D eigenvalue weighted by Crippen LogP contribution is 2.18. The molecule has 1 aromatic rings. The van der Waals surface area contributed by atoms with Gasteiger partial charge in [0.2, 0.25) is 0 Å². The molecule has 0 amide bonds. The van der Waals surface area contributed by atoms with Crippen molar-refractivity contribution in [2.75, 3.05) is 33.4 Å². The molecule has 0 aliphatic rings. The predicted octanol–water partition coefficient (Wildman–Crippen LogP) is 1.91. The van der Waals surface area contributed by atoms with E-state index >= 15 is 0 Å². The second-order valence-corrected chi connectivity index (χ2v) is 4.98. The van der Waals surface area contributed by atoms with Crippen LogP contribution in [-0.4, -0.2) is 43.8 Å². The van der Waals surface area contributed by atoms with Crippen LogP contribution >= 0.6 is 0 Å². The molecule has 0 aliphatic carbocycles. The number of likely N-dealkylation sites (N-methyl/N-ethyl adjacent to an activating group) is 1. The van der Waals surface area contributed by atoms with E-state index in [1.54, 1.807) is 0 Å². The van der Waals surface area contributed by atoms with Gasteiger partial charge in [-0.25, -0.2) is 0 Å². The largest absolute Gasteiger partial charge is 0.380 e. The molecule has 1 atom stereocenters. The molecule has 3 heteroatoms. The molecular formula is C15H26N2O. The van der Waals surface area contributed by atoms with Crippen molar-refractivity contribution < 1.29 is 4.74 Å². The second-order valence-electron chi connectivity index (χ2n) is 4.98. The Balaban J connectivity index is 2.60. The summed E-state index contributed by atoms with van der Waals surface area (Å²) < 4.78 is 5.41. The molecule has 0 saturated heterocycles. The van der Waals surface area contributed by atoms with Gasteiger partial charge in [-0.05, 0) is 32.9 Å². The van der Waals surface area contributed by atoms with Gasteiger partial charge in [-0.3, -0.25) is 4.90 Å². The van der Waals surface area contributed by atoms with Crippen molar-refractivity contribution in [1.29, 1.82) is 0 Å². The van der Waals surface area contributed by atoms with E-state index < -0.39 is 0 Å². The lowest BCUT2D eigenvalue weighted by molar-refractivity contribution is 0.0760. The summed E-state index contributed by atoms with van der Waals surface area (Å²) in [6, 6.07) is 10.5. The van der Waals surface area contributed by atoms with Crippen molar-refractivity contribution in [3.63, 3.8) is 0 Å². The van der Waals surface area contributed by atoms with Crippen LogP contribution in [0.4, 0.5) is 0 Å². The van der Waals surface area contributed by atoms with Crippen LogP contribution in [0.1, 0.15) is 19.4 Å². The Morgan fingerprint density at radius 1 is 1.28 bits per heavy atom. The summed E-state index contributed by atoms with van der Waals surface area (Å²) in [7, 11) is 2.12. The molecule has 2 N–H and O–H groups in total. The molecule has 1 aromatic carbocycles. The van der Waals surface area contributed by atoms with Crippen LogP contribution in [0.25, 0.3) is 0 Å². The minimum absolute atomic E-state index is 0.0154. The van der Waals surface area contributed by atoms with Gasteiger partial charge in [0.1, 0.15) is 0 Å². The van der Waals surface area contributed by atoms with Gasteiger partial charge in [-0.2, -0.15) is 0 Å². The minimum Gasteiger partial charge on any atom is -0.380 e. The molecule has 0 radical (unpaired) electrons. The van der Waals surface area contributed by atoms with E-state index in [1.807, 2.05) is 13.0 Å². The SMILES string of the molecule is CCOCCN(C)C(C)(CN)Cc1ccccc1. The standard InChI is InChI=1S/C15H26N2O/c1-4-18-11-10-17(3)15(2,13-16)12-14-8-6-5-7-9-14/h5-9H,4,10-13,16H2,1-3H3. The molecule has 1 rings (SSSR count). The van der Waals surface area contributed by atoms with Gasteiger partial charge in [-0.1, -0.05) is 30.3 Å². The number of ether oxygens (including phenoxy) is 1. The first kappa shape index (κ1) is 15.2. The third-order valence-electron chi connectivity index (χ3n) is 3.56. The molecular weight excluding hydrogens is 224 g/mol. The van der Waals surface area contributed by atoms with Gasteiger partial charge in [0.25, 0.3) is 0 Å². The average molecular weight is 250 g/mol. The minimum atomic E-state index is -0.0154. The number of hydrogen-bond acceptors (Lipinski definition) is 3. The van der Waals surface area contributed by atoms with Gasteiger partial charge in [0.15, 0.2) is 0 Å². The Morgan fingerprint density at radius 3 is 2.50 bits per heavy atom. The van der Waals surface area contributed by atoms with Gasteiger partial charge >= 0.3 is 0 Å². The summed E-state index contributed by atoms with van der Waals surface area (Å²) in [6.45, 7) is 7.32. The summed E-state index contributed by atoms with van der Waals surface area (Å²) in [5.74, 6) is 0. The maximum Gasteiger partial charge on any atom is 0.0593 e. The third kappa shape index (κ3) is 4.41. The van der Waals surface area contributed by atoms with Crippen LogP contribution < -0.4 is 5.73 Å². The normalized spacial score (nSPS) is 14.7. The topological polar surface area (TPSA) is 38.5 Å². The highest BCUT2D eigenvalue weighted by molar-refractivity contribution is 5.17. The predicted molar refractivity (Wildman–Crippen MR) is 76.7 cm³/mol. The fourth-order valence-electron chi connectivity index (χ4n) is 2.01. The Kier molecular flexibility index (Phi) is 6.33. The van der Waals surface area contributed by atoms with Crippen LogP contribution in [-0.2, 0) is 11.2 Å². The monoisotopic (exact) mass is 250 g/mol. The van der Waals surface area contributed by atoms with Crippen LogP contribution in [0.5, 0.6) is 0 Å². The van der Waals surface area contributed by atoms with Crippen molar-refractivity contribution in [3.8, 4) is 0 Å². The van der Waals surface area contributed by atoms with E-state index in [1.165, 1.54) is 5.56 Å². The van der Waals surface area contributed by atoms with Gasteiger partial charge in [-0.15, -0.1) is 0 Å². The Hall–Kier alpha value is -0.900. The van der Waals surface area contributed by atoms with Gasteiger partial charge < -0.3 is 10.5 Å². The molecule has 0 bridgehead atoms. The lowest BCUT2D eigenvalue weighted by Gasteiger charge is -2.38. The molecule has 0 fully saturated rings. The van der Waals surface area contributed by atoms with Crippen LogP contribution in [0, 0.1) is 0 Å². The number of nitrogens with zero attached hydrogens (tertiary/aromatic N) is 1. The van der Waals surface area contributed by atoms with E-state index in [2.05, 4.69) is 43.1 Å². The average Bonchev–Trinajstić information content (AvgIpc) is 2.40. The van der Waals surface area contributed by atoms with Crippen LogP contribution in [0.3, 0.4) is 0 Å². The van der Waals surface area contributed by atoms with Crippen molar-refractivity contribution in [3.05, 3.63) is 35.9 Å². The third-order valence-corrected chi connectivity index (χ3v) is 3.56. The summed E-state index contributed by atoms with van der Waals surface area (Å²) in [4.78, 5) is 2.30. The number of nitrogens with two attached hydrogens (primary N) is 1. The van der Waals surface area contributed by atoms with Crippen molar-refractivity contribution in [1.82, 2.24) is 4.90 Å². The van der Waals surface area contributed by atoms with Crippen molar-refractivity contribution in [2.24, 2.45) is 5.73 Å². The zero-order valence-electron chi connectivity index (χ0n) is 11.9. The first-order valence-electron chi connectivity index (χ1n) is 6.65. The Morgan fingerprint density at radius 2 is 1.94 bits per heavy atom. The second kappa shape index (κ2) is 7.52. The van der Waals surface area contributed by atoms with E-state index in [4.69, 9.17) is 10.5 Å². The highest BCUT2D eigenvalue weighted by atomic mass is 16.5.